The largest absolute Gasteiger partial charge is 0.497 e. The molecule has 2 rings (SSSR count). The summed E-state index contributed by atoms with van der Waals surface area (Å²) in [6.07, 6.45) is 1.85. The molecule has 0 fully saturated rings. The van der Waals surface area contributed by atoms with E-state index in [1.54, 1.807) is 7.11 Å². The van der Waals surface area contributed by atoms with Crippen molar-refractivity contribution in [1.29, 1.82) is 0 Å². The van der Waals surface area contributed by atoms with Crippen molar-refractivity contribution in [3.05, 3.63) is 54.1 Å². The fraction of sp³-hybridized carbons (Fsp3) is 0.235. The van der Waals surface area contributed by atoms with Gasteiger partial charge in [0.05, 0.1) is 19.0 Å². The quantitative estimate of drug-likeness (QED) is 0.623. The Labute approximate surface area is 126 Å². The van der Waals surface area contributed by atoms with Crippen LogP contribution in [0.15, 0.2) is 53.6 Å². The van der Waals surface area contributed by atoms with Gasteiger partial charge in [-0.1, -0.05) is 12.1 Å². The molecule has 0 aliphatic carbocycles. The van der Waals surface area contributed by atoms with Crippen molar-refractivity contribution in [1.82, 2.24) is 0 Å². The molecule has 0 heterocycles. The minimum Gasteiger partial charge on any atom is -0.497 e. The number of anilines is 2. The molecule has 0 radical (unpaired) electrons. The maximum atomic E-state index is 5.15. The Kier molecular flexibility index (Phi) is 4.82. The molecule has 21 heavy (non-hydrogen) atoms. The Morgan fingerprint density at radius 1 is 0.857 bits per heavy atom. The van der Waals surface area contributed by atoms with Gasteiger partial charge in [-0.15, -0.1) is 0 Å². The SMILES string of the molecule is COc1ccc(N(C)/N=C\c2ccc(N(C)C)cc2)cc1. The first-order chi connectivity index (χ1) is 10.1. The summed E-state index contributed by atoms with van der Waals surface area (Å²) in [6, 6.07) is 16.1. The van der Waals surface area contributed by atoms with Crippen molar-refractivity contribution < 1.29 is 4.74 Å². The minimum absolute atomic E-state index is 0.843. The first-order valence-electron chi connectivity index (χ1n) is 6.79. The normalized spacial score (nSPS) is 10.7. The molecule has 0 amide bonds. The summed E-state index contributed by atoms with van der Waals surface area (Å²) in [5.74, 6) is 0.843. The lowest BCUT2D eigenvalue weighted by molar-refractivity contribution is 0.415. The Morgan fingerprint density at radius 2 is 1.43 bits per heavy atom. The summed E-state index contributed by atoms with van der Waals surface area (Å²) in [6.45, 7) is 0. The van der Waals surface area contributed by atoms with E-state index >= 15 is 0 Å². The Bertz CT molecular complexity index is 588. The number of hydrogen-bond acceptors (Lipinski definition) is 4. The van der Waals surface area contributed by atoms with Gasteiger partial charge in [0.1, 0.15) is 5.75 Å². The van der Waals surface area contributed by atoms with Crippen LogP contribution in [0.3, 0.4) is 0 Å². The highest BCUT2D eigenvalue weighted by molar-refractivity contribution is 5.81. The van der Waals surface area contributed by atoms with Crippen LogP contribution >= 0.6 is 0 Å². The summed E-state index contributed by atoms with van der Waals surface area (Å²) in [4.78, 5) is 2.07. The number of methoxy groups -OCH3 is 1. The van der Waals surface area contributed by atoms with Crippen LogP contribution in [0, 0.1) is 0 Å². The zero-order valence-electron chi connectivity index (χ0n) is 12.9. The molecular weight excluding hydrogens is 262 g/mol. The van der Waals surface area contributed by atoms with Gasteiger partial charge in [0.2, 0.25) is 0 Å². The van der Waals surface area contributed by atoms with Gasteiger partial charge in [0.25, 0.3) is 0 Å². The van der Waals surface area contributed by atoms with Gasteiger partial charge in [-0.05, 0) is 42.0 Å². The molecule has 4 heteroatoms. The molecule has 0 aliphatic heterocycles. The van der Waals surface area contributed by atoms with E-state index in [-0.39, 0.29) is 0 Å². The molecule has 0 aliphatic rings. The molecule has 0 unspecified atom stereocenters. The maximum Gasteiger partial charge on any atom is 0.119 e. The number of hydrazone groups is 1. The smallest absolute Gasteiger partial charge is 0.119 e. The fourth-order valence-corrected chi connectivity index (χ4v) is 1.88. The van der Waals surface area contributed by atoms with Gasteiger partial charge in [-0.3, -0.25) is 5.01 Å². The van der Waals surface area contributed by atoms with Crippen molar-refractivity contribution in [2.24, 2.45) is 5.10 Å². The average molecular weight is 283 g/mol. The standard InChI is InChI=1S/C17H21N3O/c1-19(2)15-7-5-14(6-8-15)13-18-20(3)16-9-11-17(21-4)12-10-16/h5-13H,1-4H3/b18-13-. The molecule has 0 saturated carbocycles. The van der Waals surface area contributed by atoms with E-state index in [1.807, 2.05) is 56.6 Å². The van der Waals surface area contributed by atoms with Crippen molar-refractivity contribution in [2.45, 2.75) is 0 Å². The molecule has 0 aromatic heterocycles. The molecule has 2 aromatic rings. The van der Waals surface area contributed by atoms with Crippen LogP contribution in [0.5, 0.6) is 5.75 Å². The lowest BCUT2D eigenvalue weighted by atomic mass is 10.2. The van der Waals surface area contributed by atoms with Crippen LogP contribution in [0.2, 0.25) is 0 Å². The van der Waals surface area contributed by atoms with Crippen molar-refractivity contribution in [3.63, 3.8) is 0 Å². The summed E-state index contributed by atoms with van der Waals surface area (Å²) in [7, 11) is 7.64. The molecule has 2 aromatic carbocycles. The van der Waals surface area contributed by atoms with Crippen LogP contribution in [-0.4, -0.2) is 34.5 Å². The third-order valence-corrected chi connectivity index (χ3v) is 3.24. The van der Waals surface area contributed by atoms with E-state index in [9.17, 15) is 0 Å². The number of nitrogens with zero attached hydrogens (tertiary/aromatic N) is 3. The predicted octanol–water partition coefficient (Wildman–Crippen LogP) is 3.23. The Balaban J connectivity index is 2.05. The second-order valence-electron chi connectivity index (χ2n) is 4.95. The number of ether oxygens (including phenoxy) is 1. The third-order valence-electron chi connectivity index (χ3n) is 3.24. The second-order valence-corrected chi connectivity index (χ2v) is 4.95. The first kappa shape index (κ1) is 14.9. The van der Waals surface area contributed by atoms with Crippen molar-refractivity contribution in [3.8, 4) is 5.75 Å². The topological polar surface area (TPSA) is 28.1 Å². The van der Waals surface area contributed by atoms with Crippen LogP contribution < -0.4 is 14.6 Å². The lowest BCUT2D eigenvalue weighted by Gasteiger charge is -2.14. The summed E-state index contributed by atoms with van der Waals surface area (Å²) < 4.78 is 5.15. The van der Waals surface area contributed by atoms with Crippen molar-refractivity contribution >= 4 is 17.6 Å². The molecule has 110 valence electrons. The van der Waals surface area contributed by atoms with E-state index < -0.39 is 0 Å². The Morgan fingerprint density at radius 3 is 1.95 bits per heavy atom. The minimum atomic E-state index is 0.843. The van der Waals surface area contributed by atoms with Crippen molar-refractivity contribution in [2.75, 3.05) is 38.2 Å². The summed E-state index contributed by atoms with van der Waals surface area (Å²) >= 11 is 0. The summed E-state index contributed by atoms with van der Waals surface area (Å²) in [5.41, 5.74) is 3.26. The predicted molar refractivity (Wildman–Crippen MR) is 89.8 cm³/mol. The Hall–Kier alpha value is -2.49. The van der Waals surface area contributed by atoms with Gasteiger partial charge in [0.15, 0.2) is 0 Å². The maximum absolute atomic E-state index is 5.15. The molecule has 0 N–H and O–H groups in total. The summed E-state index contributed by atoms with van der Waals surface area (Å²) in [5, 5.41) is 6.28. The highest BCUT2D eigenvalue weighted by Crippen LogP contribution is 2.18. The molecule has 0 spiro atoms. The highest BCUT2D eigenvalue weighted by atomic mass is 16.5. The lowest BCUT2D eigenvalue weighted by Crippen LogP contribution is -2.09. The average Bonchev–Trinajstić information content (AvgIpc) is 2.53. The molecule has 0 atom stereocenters. The third kappa shape index (κ3) is 3.99. The van der Waals surface area contributed by atoms with Gasteiger partial charge in [0, 0.05) is 26.8 Å². The van der Waals surface area contributed by atoms with E-state index in [0.29, 0.717) is 0 Å². The molecule has 0 bridgehead atoms. The first-order valence-corrected chi connectivity index (χ1v) is 6.79. The number of rotatable bonds is 5. The zero-order chi connectivity index (χ0) is 15.2. The molecular formula is C17H21N3O. The van der Waals surface area contributed by atoms with E-state index in [1.165, 1.54) is 5.69 Å². The molecule has 0 saturated heterocycles. The van der Waals surface area contributed by atoms with Crippen LogP contribution in [0.1, 0.15) is 5.56 Å². The zero-order valence-corrected chi connectivity index (χ0v) is 12.9. The van der Waals surface area contributed by atoms with Gasteiger partial charge in [-0.2, -0.15) is 5.10 Å². The highest BCUT2D eigenvalue weighted by Gasteiger charge is 1.99. The van der Waals surface area contributed by atoms with Gasteiger partial charge >= 0.3 is 0 Å². The van der Waals surface area contributed by atoms with E-state index in [2.05, 4.69) is 34.3 Å². The van der Waals surface area contributed by atoms with E-state index in [4.69, 9.17) is 4.74 Å². The number of benzene rings is 2. The monoisotopic (exact) mass is 283 g/mol. The van der Waals surface area contributed by atoms with Gasteiger partial charge < -0.3 is 9.64 Å². The van der Waals surface area contributed by atoms with E-state index in [0.717, 1.165) is 17.0 Å². The molecule has 4 nitrogen and oxygen atoms in total. The number of hydrogen-bond donors (Lipinski definition) is 0. The van der Waals surface area contributed by atoms with Crippen LogP contribution in [0.4, 0.5) is 11.4 Å². The van der Waals surface area contributed by atoms with Crippen LogP contribution in [0.25, 0.3) is 0 Å². The second kappa shape index (κ2) is 6.79. The fourth-order valence-electron chi connectivity index (χ4n) is 1.88. The van der Waals surface area contributed by atoms with Crippen LogP contribution in [-0.2, 0) is 0 Å². The van der Waals surface area contributed by atoms with Gasteiger partial charge in [-0.25, -0.2) is 0 Å².